The van der Waals surface area contributed by atoms with Crippen molar-refractivity contribution in [2.45, 2.75) is 13.8 Å². The summed E-state index contributed by atoms with van der Waals surface area (Å²) < 4.78 is 4.17. The normalized spacial score (nSPS) is 6.45. The molecule has 0 bridgehead atoms. The van der Waals surface area contributed by atoms with Gasteiger partial charge in [0.05, 0.1) is 6.61 Å². The van der Waals surface area contributed by atoms with Gasteiger partial charge in [-0.15, -0.1) is 0 Å². The van der Waals surface area contributed by atoms with Gasteiger partial charge in [-0.3, -0.25) is 0 Å². The fourth-order valence-corrected chi connectivity index (χ4v) is 0.223. The Morgan fingerprint density at radius 2 is 1.82 bits per heavy atom. The van der Waals surface area contributed by atoms with E-state index in [9.17, 15) is 4.79 Å². The Morgan fingerprint density at radius 3 is 1.82 bits per heavy atom. The number of carbonyl (C=O) groups excluding carboxylic acids is 2. The first-order valence-corrected chi connectivity index (χ1v) is 2.88. The summed E-state index contributed by atoms with van der Waals surface area (Å²) in [7, 11) is 0. The Labute approximate surface area is 113 Å². The van der Waals surface area contributed by atoms with E-state index < -0.39 is 11.4 Å². The van der Waals surface area contributed by atoms with Gasteiger partial charge in [-0.2, -0.15) is 0 Å². The summed E-state index contributed by atoms with van der Waals surface area (Å²) in [6.07, 6.45) is 0. The number of hydrogen-bond donors (Lipinski definition) is 0. The molecule has 0 heterocycles. The smallest absolute Gasteiger partial charge is 0.550 e. The molecule has 0 aliphatic heterocycles. The van der Waals surface area contributed by atoms with Crippen LogP contribution in [-0.4, -0.2) is 18.0 Å². The minimum absolute atomic E-state index is 0. The van der Waals surface area contributed by atoms with Crippen molar-refractivity contribution >= 4 is 23.0 Å². The molecule has 0 saturated heterocycles. The first-order chi connectivity index (χ1) is 4.50. The van der Waals surface area contributed by atoms with Gasteiger partial charge in [0.2, 0.25) is 0 Å². The van der Waals surface area contributed by atoms with E-state index in [1.807, 2.05) is 0 Å². The summed E-state index contributed by atoms with van der Waals surface area (Å²) in [4.78, 5) is 18.5. The van der Waals surface area contributed by atoms with Crippen LogP contribution in [0.4, 0.5) is 4.79 Å². The number of carboxylic acids is 1. The predicted octanol–water partition coefficient (Wildman–Crippen LogP) is -2.86. The van der Waals surface area contributed by atoms with E-state index in [1.165, 1.54) is 0 Å². The molecule has 0 aromatic rings. The summed E-state index contributed by atoms with van der Waals surface area (Å²) in [5.41, 5.74) is -0.738. The minimum Gasteiger partial charge on any atom is -0.550 e. The van der Waals surface area contributed by atoms with Gasteiger partial charge < -0.3 is 14.6 Å². The molecule has 0 rings (SSSR count). The second-order valence-electron chi connectivity index (χ2n) is 1.16. The molecule has 0 radical (unpaired) electrons. The third-order valence-electron chi connectivity index (χ3n) is 0.258. The first-order valence-electron chi connectivity index (χ1n) is 2.50. The predicted molar refractivity (Wildman–Crippen MR) is 33.6 cm³/mol. The van der Waals surface area contributed by atoms with E-state index in [1.54, 1.807) is 6.92 Å². The Bertz CT molecular complexity index is 113. The van der Waals surface area contributed by atoms with E-state index in [0.717, 1.165) is 6.92 Å². The fourth-order valence-electron chi connectivity index (χ4n) is 0.113. The molecule has 0 fully saturated rings. The maximum atomic E-state index is 9.59. The fraction of sp³-hybridized carbons (Fsp3) is 0.600. The number of hydrogen-bond acceptors (Lipinski definition) is 4. The van der Waals surface area contributed by atoms with E-state index >= 15 is 0 Å². The van der Waals surface area contributed by atoms with Crippen molar-refractivity contribution in [3.05, 3.63) is 0 Å². The average Bonchev–Trinajstić information content (AvgIpc) is 1.62. The van der Waals surface area contributed by atoms with Crippen molar-refractivity contribution < 1.29 is 70.8 Å². The van der Waals surface area contributed by atoms with Gasteiger partial charge in [-0.25, -0.2) is 4.79 Å². The molecule has 6 heteroatoms. The summed E-state index contributed by atoms with van der Waals surface area (Å²) in [5.74, 6) is -1.08. The van der Waals surface area contributed by atoms with Gasteiger partial charge in [0.15, 0.2) is 0 Å². The summed E-state index contributed by atoms with van der Waals surface area (Å²) in [5, 5.41) is 8.89. The molecular weight excluding hydrogens is 199 g/mol. The Hall–Kier alpha value is 0.866. The van der Waals surface area contributed by atoms with Crippen molar-refractivity contribution in [1.29, 1.82) is 0 Å². The number of ether oxygens (including phenoxy) is 1. The van der Waals surface area contributed by atoms with E-state index in [-0.39, 0.29) is 51.4 Å². The number of aliphatic carboxylic acids is 1. The molecule has 11 heavy (non-hydrogen) atoms. The first kappa shape index (κ1) is 17.8. The molecule has 0 N–H and O–H groups in total. The van der Waals surface area contributed by atoms with Crippen LogP contribution in [0.25, 0.3) is 0 Å². The van der Waals surface area contributed by atoms with Crippen LogP contribution in [0.5, 0.6) is 0 Å². The van der Waals surface area contributed by atoms with Crippen molar-refractivity contribution in [3.8, 4) is 0 Å². The van der Waals surface area contributed by atoms with E-state index in [4.69, 9.17) is 21.5 Å². The molecule has 0 saturated carbocycles. The Balaban J connectivity index is -0.000000114. The zero-order valence-corrected chi connectivity index (χ0v) is 10.6. The third-order valence-corrected chi connectivity index (χ3v) is 0.367. The van der Waals surface area contributed by atoms with Gasteiger partial charge in [0.1, 0.15) is 0 Å². The second kappa shape index (κ2) is 13.5. The maximum absolute atomic E-state index is 9.59. The van der Waals surface area contributed by atoms with Crippen LogP contribution in [0.15, 0.2) is 0 Å². The summed E-state index contributed by atoms with van der Waals surface area (Å²) in [6.45, 7) is 3.02. The van der Waals surface area contributed by atoms with Crippen molar-refractivity contribution in [3.63, 3.8) is 0 Å². The molecule has 0 amide bonds. The van der Waals surface area contributed by atoms with Gasteiger partial charge in [0, 0.05) is 17.6 Å². The molecular formula is C5H8ClKO4. The Kier molecular flexibility index (Phi) is 21.8. The van der Waals surface area contributed by atoms with Crippen molar-refractivity contribution in [2.24, 2.45) is 0 Å². The van der Waals surface area contributed by atoms with Crippen molar-refractivity contribution in [2.75, 3.05) is 6.61 Å². The zero-order chi connectivity index (χ0) is 8.57. The molecule has 0 spiro atoms. The molecule has 4 nitrogen and oxygen atoms in total. The SMILES string of the molecule is CC(=O)[O-].CCOC(=O)Cl.[K+]. The third kappa shape index (κ3) is 57.1. The summed E-state index contributed by atoms with van der Waals surface area (Å²) in [6, 6.07) is 0. The largest absolute Gasteiger partial charge is 1.00 e. The van der Waals surface area contributed by atoms with Crippen LogP contribution < -0.4 is 56.5 Å². The van der Waals surface area contributed by atoms with Crippen LogP contribution in [0.3, 0.4) is 0 Å². The van der Waals surface area contributed by atoms with Gasteiger partial charge >= 0.3 is 56.8 Å². The number of halogens is 1. The summed E-state index contributed by atoms with van der Waals surface area (Å²) >= 11 is 4.72. The molecule has 0 unspecified atom stereocenters. The van der Waals surface area contributed by atoms with Crippen LogP contribution in [0.1, 0.15) is 13.8 Å². The maximum Gasteiger partial charge on any atom is 1.00 e. The molecule has 0 aliphatic rings. The molecule has 0 aliphatic carbocycles. The average molecular weight is 207 g/mol. The van der Waals surface area contributed by atoms with Crippen LogP contribution in [-0.2, 0) is 9.53 Å². The zero-order valence-electron chi connectivity index (χ0n) is 6.72. The quantitative estimate of drug-likeness (QED) is 0.342. The number of carbonyl (C=O) groups is 2. The Morgan fingerprint density at radius 1 is 1.55 bits per heavy atom. The topological polar surface area (TPSA) is 66.4 Å². The molecule has 60 valence electrons. The van der Waals surface area contributed by atoms with Crippen LogP contribution in [0, 0.1) is 0 Å². The minimum atomic E-state index is -1.08. The van der Waals surface area contributed by atoms with Crippen LogP contribution in [0.2, 0.25) is 0 Å². The molecule has 0 atom stereocenters. The number of rotatable bonds is 1. The number of carboxylic acid groups (broad SMARTS) is 1. The van der Waals surface area contributed by atoms with E-state index in [0.29, 0.717) is 6.61 Å². The monoisotopic (exact) mass is 206 g/mol. The van der Waals surface area contributed by atoms with Gasteiger partial charge in [-0.1, -0.05) is 0 Å². The van der Waals surface area contributed by atoms with Crippen LogP contribution >= 0.6 is 11.6 Å². The van der Waals surface area contributed by atoms with Crippen molar-refractivity contribution in [1.82, 2.24) is 0 Å². The molecule has 0 aromatic carbocycles. The van der Waals surface area contributed by atoms with Gasteiger partial charge in [0.25, 0.3) is 0 Å². The standard InChI is InChI=1S/C3H5ClO2.C2H4O2.K/c1-2-6-3(4)5;1-2(3)4;/h2H2,1H3;1H3,(H,3,4);/q;;+1/p-1. The van der Waals surface area contributed by atoms with Gasteiger partial charge in [-0.05, 0) is 13.8 Å². The van der Waals surface area contributed by atoms with E-state index in [2.05, 4.69) is 4.74 Å². The molecule has 0 aromatic heterocycles. The second-order valence-corrected chi connectivity index (χ2v) is 1.47.